The maximum atomic E-state index is 12.9. The number of aromatic nitrogens is 1. The third kappa shape index (κ3) is 2.77. The molecule has 0 amide bonds. The van der Waals surface area contributed by atoms with Crippen molar-refractivity contribution in [2.75, 3.05) is 17.2 Å². The average Bonchev–Trinajstić information content (AvgIpc) is 2.39. The number of anilines is 2. The molecule has 18 heavy (non-hydrogen) atoms. The van der Waals surface area contributed by atoms with Crippen LogP contribution in [0, 0.1) is 5.82 Å². The van der Waals surface area contributed by atoms with E-state index in [1.807, 2.05) is 19.1 Å². The van der Waals surface area contributed by atoms with Crippen LogP contribution in [0.15, 0.2) is 42.6 Å². The minimum atomic E-state index is -0.229. The van der Waals surface area contributed by atoms with Gasteiger partial charge in [0.2, 0.25) is 0 Å². The predicted molar refractivity (Wildman–Crippen MR) is 71.8 cm³/mol. The summed E-state index contributed by atoms with van der Waals surface area (Å²) >= 11 is 0. The number of nitrogens with zero attached hydrogens (tertiary/aromatic N) is 2. The molecule has 0 spiro atoms. The number of pyridine rings is 1. The van der Waals surface area contributed by atoms with Gasteiger partial charge in [-0.05, 0) is 43.3 Å². The zero-order valence-electron chi connectivity index (χ0n) is 10.3. The lowest BCUT2D eigenvalue weighted by Gasteiger charge is -2.23. The first-order valence-electron chi connectivity index (χ1n) is 5.90. The van der Waals surface area contributed by atoms with Crippen LogP contribution in [0.5, 0.6) is 0 Å². The van der Waals surface area contributed by atoms with E-state index in [2.05, 4.69) is 9.88 Å². The third-order valence-electron chi connectivity index (χ3n) is 2.84. The molecular formula is C14H16FN3. The molecule has 0 saturated heterocycles. The predicted octanol–water partition coefficient (Wildman–Crippen LogP) is 2.83. The van der Waals surface area contributed by atoms with Crippen molar-refractivity contribution in [3.63, 3.8) is 0 Å². The van der Waals surface area contributed by atoms with E-state index >= 15 is 0 Å². The Labute approximate surface area is 106 Å². The van der Waals surface area contributed by atoms with Crippen LogP contribution >= 0.6 is 0 Å². The number of hydrogen-bond acceptors (Lipinski definition) is 3. The Morgan fingerprint density at radius 2 is 1.94 bits per heavy atom. The third-order valence-corrected chi connectivity index (χ3v) is 2.84. The lowest BCUT2D eigenvalue weighted by Crippen LogP contribution is -2.23. The van der Waals surface area contributed by atoms with Crippen LogP contribution in [0.25, 0.3) is 0 Å². The van der Waals surface area contributed by atoms with E-state index in [1.54, 1.807) is 18.3 Å². The lowest BCUT2D eigenvalue weighted by atomic mass is 10.2. The second-order valence-corrected chi connectivity index (χ2v) is 4.03. The van der Waals surface area contributed by atoms with Crippen LogP contribution in [0.3, 0.4) is 0 Å². The summed E-state index contributed by atoms with van der Waals surface area (Å²) < 4.78 is 12.9. The Balaban J connectivity index is 2.20. The highest BCUT2D eigenvalue weighted by Crippen LogP contribution is 2.18. The number of nitrogen functional groups attached to an aromatic ring is 1. The minimum absolute atomic E-state index is 0.229. The monoisotopic (exact) mass is 245 g/mol. The molecule has 0 saturated carbocycles. The van der Waals surface area contributed by atoms with Gasteiger partial charge in [-0.1, -0.05) is 0 Å². The van der Waals surface area contributed by atoms with Crippen molar-refractivity contribution in [1.82, 2.24) is 4.98 Å². The first-order valence-corrected chi connectivity index (χ1v) is 5.90. The van der Waals surface area contributed by atoms with Crippen LogP contribution in [0.1, 0.15) is 12.6 Å². The molecule has 0 unspecified atom stereocenters. The smallest absolute Gasteiger partial charge is 0.123 e. The highest BCUT2D eigenvalue weighted by Gasteiger charge is 2.08. The van der Waals surface area contributed by atoms with E-state index in [9.17, 15) is 4.39 Å². The number of hydrogen-bond donors (Lipinski definition) is 1. The first-order chi connectivity index (χ1) is 8.70. The van der Waals surface area contributed by atoms with E-state index < -0.39 is 0 Å². The fraction of sp³-hybridized carbons (Fsp3) is 0.214. The average molecular weight is 245 g/mol. The quantitative estimate of drug-likeness (QED) is 0.900. The van der Waals surface area contributed by atoms with Crippen molar-refractivity contribution in [3.8, 4) is 0 Å². The molecular weight excluding hydrogens is 229 g/mol. The second-order valence-electron chi connectivity index (χ2n) is 4.03. The van der Waals surface area contributed by atoms with Crippen LogP contribution in [-0.2, 0) is 6.54 Å². The molecule has 94 valence electrons. The maximum Gasteiger partial charge on any atom is 0.123 e. The number of halogens is 1. The molecule has 0 aliphatic heterocycles. The van der Waals surface area contributed by atoms with Crippen molar-refractivity contribution in [1.29, 1.82) is 0 Å². The summed E-state index contributed by atoms with van der Waals surface area (Å²) in [5.41, 5.74) is 8.35. The van der Waals surface area contributed by atoms with Gasteiger partial charge >= 0.3 is 0 Å². The molecule has 1 aromatic heterocycles. The molecule has 0 bridgehead atoms. The van der Waals surface area contributed by atoms with E-state index in [0.717, 1.165) is 17.9 Å². The van der Waals surface area contributed by atoms with Gasteiger partial charge < -0.3 is 10.6 Å². The van der Waals surface area contributed by atoms with E-state index in [4.69, 9.17) is 5.73 Å². The molecule has 1 heterocycles. The van der Waals surface area contributed by atoms with E-state index in [0.29, 0.717) is 12.2 Å². The van der Waals surface area contributed by atoms with Crippen molar-refractivity contribution in [2.45, 2.75) is 13.5 Å². The van der Waals surface area contributed by atoms with E-state index in [-0.39, 0.29) is 5.82 Å². The van der Waals surface area contributed by atoms with Gasteiger partial charge in [0.15, 0.2) is 0 Å². The summed E-state index contributed by atoms with van der Waals surface area (Å²) in [5.74, 6) is -0.229. The minimum Gasteiger partial charge on any atom is -0.397 e. The molecule has 2 aromatic rings. The molecule has 2 rings (SSSR count). The molecule has 1 aromatic carbocycles. The van der Waals surface area contributed by atoms with Crippen molar-refractivity contribution >= 4 is 11.4 Å². The largest absolute Gasteiger partial charge is 0.397 e. The van der Waals surface area contributed by atoms with Crippen LogP contribution < -0.4 is 10.6 Å². The lowest BCUT2D eigenvalue weighted by molar-refractivity contribution is 0.627. The van der Waals surface area contributed by atoms with Crippen molar-refractivity contribution in [3.05, 3.63) is 54.1 Å². The summed E-state index contributed by atoms with van der Waals surface area (Å²) in [5, 5.41) is 0. The summed E-state index contributed by atoms with van der Waals surface area (Å²) in [6, 6.07) is 10.1. The SMILES string of the molecule is CCN(Cc1ncccc1N)c1ccc(F)cc1. The van der Waals surface area contributed by atoms with Gasteiger partial charge in [-0.15, -0.1) is 0 Å². The number of nitrogens with two attached hydrogens (primary N) is 1. The zero-order valence-corrected chi connectivity index (χ0v) is 10.3. The maximum absolute atomic E-state index is 12.9. The molecule has 4 heteroatoms. The summed E-state index contributed by atoms with van der Waals surface area (Å²) in [6.07, 6.45) is 1.73. The summed E-state index contributed by atoms with van der Waals surface area (Å²) in [4.78, 5) is 6.36. The Bertz CT molecular complexity index is 511. The Hall–Kier alpha value is -2.10. The Morgan fingerprint density at radius 1 is 1.22 bits per heavy atom. The molecule has 0 atom stereocenters. The van der Waals surface area contributed by atoms with Gasteiger partial charge in [0.25, 0.3) is 0 Å². The second kappa shape index (κ2) is 5.49. The van der Waals surface area contributed by atoms with Crippen molar-refractivity contribution < 1.29 is 4.39 Å². The molecule has 0 aliphatic carbocycles. The van der Waals surface area contributed by atoms with Gasteiger partial charge in [-0.3, -0.25) is 4.98 Å². The number of benzene rings is 1. The van der Waals surface area contributed by atoms with Gasteiger partial charge in [0, 0.05) is 18.4 Å². The fourth-order valence-electron chi connectivity index (χ4n) is 1.80. The normalized spacial score (nSPS) is 10.3. The number of rotatable bonds is 4. The van der Waals surface area contributed by atoms with Gasteiger partial charge in [0.1, 0.15) is 5.82 Å². The molecule has 0 fully saturated rings. The summed E-state index contributed by atoms with van der Waals surface area (Å²) in [6.45, 7) is 3.47. The van der Waals surface area contributed by atoms with E-state index in [1.165, 1.54) is 12.1 Å². The summed E-state index contributed by atoms with van der Waals surface area (Å²) in [7, 11) is 0. The molecule has 0 aliphatic rings. The van der Waals surface area contributed by atoms with Crippen LogP contribution in [0.2, 0.25) is 0 Å². The first kappa shape index (κ1) is 12.4. The Kier molecular flexibility index (Phi) is 3.77. The van der Waals surface area contributed by atoms with Gasteiger partial charge in [0.05, 0.1) is 17.9 Å². The highest BCUT2D eigenvalue weighted by atomic mass is 19.1. The molecule has 0 radical (unpaired) electrons. The van der Waals surface area contributed by atoms with Crippen molar-refractivity contribution in [2.24, 2.45) is 0 Å². The standard InChI is InChI=1S/C14H16FN3/c1-2-18(12-7-5-11(15)6-8-12)10-14-13(16)4-3-9-17-14/h3-9H,2,10,16H2,1H3. The van der Waals surface area contributed by atoms with Crippen LogP contribution in [0.4, 0.5) is 15.8 Å². The topological polar surface area (TPSA) is 42.2 Å². The fourth-order valence-corrected chi connectivity index (χ4v) is 1.80. The van der Waals surface area contributed by atoms with Crippen LogP contribution in [-0.4, -0.2) is 11.5 Å². The highest BCUT2D eigenvalue weighted by molar-refractivity contribution is 5.49. The molecule has 3 nitrogen and oxygen atoms in total. The van der Waals surface area contributed by atoms with Gasteiger partial charge in [-0.25, -0.2) is 4.39 Å². The zero-order chi connectivity index (χ0) is 13.0. The Morgan fingerprint density at radius 3 is 2.56 bits per heavy atom. The van der Waals surface area contributed by atoms with Gasteiger partial charge in [-0.2, -0.15) is 0 Å². The molecule has 2 N–H and O–H groups in total.